The second kappa shape index (κ2) is 6.52. The number of methoxy groups -OCH3 is 3. The smallest absolute Gasteiger partial charge is 0.244 e. The van der Waals surface area contributed by atoms with Gasteiger partial charge in [-0.1, -0.05) is 0 Å². The number of rotatable bonds is 5. The second-order valence-electron chi connectivity index (χ2n) is 4.05. The lowest BCUT2D eigenvalue weighted by Gasteiger charge is -2.18. The highest BCUT2D eigenvalue weighted by atomic mass is 35.5. The van der Waals surface area contributed by atoms with E-state index >= 15 is 0 Å². The molecule has 0 aromatic heterocycles. The normalized spacial score (nSPS) is 11.7. The monoisotopic (exact) mass is 287 g/mol. The maximum atomic E-state index is 11.9. The first-order valence-corrected chi connectivity index (χ1v) is 6.05. The maximum absolute atomic E-state index is 11.9. The topological polar surface area (TPSA) is 48.0 Å². The van der Waals surface area contributed by atoms with Crippen LogP contribution in [0.15, 0.2) is 12.1 Å². The highest BCUT2D eigenvalue weighted by molar-refractivity contribution is 6.30. The Hall–Kier alpha value is -1.62. The van der Waals surface area contributed by atoms with Crippen molar-refractivity contribution in [2.45, 2.75) is 5.38 Å². The molecule has 0 heterocycles. The first-order valence-electron chi connectivity index (χ1n) is 5.61. The summed E-state index contributed by atoms with van der Waals surface area (Å²) in [6.45, 7) is 0. The Balaban J connectivity index is 3.26. The SMILES string of the molecule is COc1cc(C(Cl)C(=O)N(C)C)cc(OC)c1OC. The summed E-state index contributed by atoms with van der Waals surface area (Å²) in [5.41, 5.74) is 0.592. The number of ether oxygens (including phenoxy) is 3. The Kier molecular flexibility index (Phi) is 5.30. The van der Waals surface area contributed by atoms with Gasteiger partial charge in [0.2, 0.25) is 11.7 Å². The standard InChI is InChI=1S/C13H18ClNO4/c1-15(2)13(16)11(14)8-6-9(17-3)12(19-5)10(7-8)18-4/h6-7,11H,1-5H3. The molecule has 0 bridgehead atoms. The minimum atomic E-state index is -0.802. The van der Waals surface area contributed by atoms with Gasteiger partial charge in [0, 0.05) is 14.1 Å². The van der Waals surface area contributed by atoms with Crippen LogP contribution in [-0.2, 0) is 4.79 Å². The molecule has 0 aliphatic carbocycles. The molecule has 0 aliphatic heterocycles. The van der Waals surface area contributed by atoms with Gasteiger partial charge < -0.3 is 19.1 Å². The molecule has 0 radical (unpaired) electrons. The summed E-state index contributed by atoms with van der Waals surface area (Å²) in [4.78, 5) is 13.3. The number of likely N-dealkylation sites (N-methyl/N-ethyl adjacent to an activating group) is 1. The molecule has 1 atom stereocenters. The van der Waals surface area contributed by atoms with E-state index in [0.29, 0.717) is 22.8 Å². The van der Waals surface area contributed by atoms with Crippen molar-refractivity contribution in [2.75, 3.05) is 35.4 Å². The van der Waals surface area contributed by atoms with Crippen molar-refractivity contribution in [3.05, 3.63) is 17.7 Å². The number of hydrogen-bond acceptors (Lipinski definition) is 4. The number of halogens is 1. The average molecular weight is 288 g/mol. The third kappa shape index (κ3) is 3.23. The van der Waals surface area contributed by atoms with Gasteiger partial charge in [-0.3, -0.25) is 4.79 Å². The fourth-order valence-electron chi connectivity index (χ4n) is 1.62. The van der Waals surface area contributed by atoms with Gasteiger partial charge in [-0.15, -0.1) is 11.6 Å². The number of benzene rings is 1. The van der Waals surface area contributed by atoms with Gasteiger partial charge in [-0.2, -0.15) is 0 Å². The Bertz CT molecular complexity index is 437. The molecule has 0 fully saturated rings. The largest absolute Gasteiger partial charge is 0.493 e. The van der Waals surface area contributed by atoms with Crippen molar-refractivity contribution in [3.63, 3.8) is 0 Å². The summed E-state index contributed by atoms with van der Waals surface area (Å²) < 4.78 is 15.7. The predicted molar refractivity (Wildman–Crippen MR) is 73.4 cm³/mol. The number of amides is 1. The van der Waals surface area contributed by atoms with Crippen LogP contribution in [0.3, 0.4) is 0 Å². The molecule has 0 saturated carbocycles. The molecule has 0 N–H and O–H groups in total. The number of hydrogen-bond donors (Lipinski definition) is 0. The molecule has 5 nitrogen and oxygen atoms in total. The molecule has 1 amide bonds. The molecule has 1 aromatic rings. The minimum Gasteiger partial charge on any atom is -0.493 e. The number of carbonyl (C=O) groups excluding carboxylic acids is 1. The van der Waals surface area contributed by atoms with E-state index in [9.17, 15) is 4.79 Å². The van der Waals surface area contributed by atoms with E-state index in [1.54, 1.807) is 26.2 Å². The van der Waals surface area contributed by atoms with Crippen LogP contribution in [0.5, 0.6) is 17.2 Å². The minimum absolute atomic E-state index is 0.212. The molecular weight excluding hydrogens is 270 g/mol. The zero-order valence-corrected chi connectivity index (χ0v) is 12.4. The summed E-state index contributed by atoms with van der Waals surface area (Å²) in [5.74, 6) is 1.19. The van der Waals surface area contributed by atoms with Gasteiger partial charge in [-0.05, 0) is 17.7 Å². The summed E-state index contributed by atoms with van der Waals surface area (Å²) >= 11 is 6.16. The molecule has 0 spiro atoms. The van der Waals surface area contributed by atoms with Gasteiger partial charge in [0.1, 0.15) is 5.38 Å². The Morgan fingerprint density at radius 3 is 1.89 bits per heavy atom. The average Bonchev–Trinajstić information content (AvgIpc) is 2.43. The van der Waals surface area contributed by atoms with Crippen molar-refractivity contribution in [1.82, 2.24) is 4.90 Å². The Morgan fingerprint density at radius 2 is 1.58 bits per heavy atom. The van der Waals surface area contributed by atoms with E-state index in [-0.39, 0.29) is 5.91 Å². The highest BCUT2D eigenvalue weighted by Crippen LogP contribution is 2.40. The van der Waals surface area contributed by atoms with Gasteiger partial charge in [0.05, 0.1) is 21.3 Å². The van der Waals surface area contributed by atoms with Crippen molar-refractivity contribution in [2.24, 2.45) is 0 Å². The first kappa shape index (κ1) is 15.4. The van der Waals surface area contributed by atoms with Crippen LogP contribution >= 0.6 is 11.6 Å². The Labute approximate surface area is 118 Å². The number of carbonyl (C=O) groups is 1. The van der Waals surface area contributed by atoms with E-state index in [4.69, 9.17) is 25.8 Å². The van der Waals surface area contributed by atoms with E-state index in [0.717, 1.165) is 0 Å². The first-order chi connectivity index (χ1) is 8.96. The molecule has 0 saturated heterocycles. The molecule has 1 rings (SSSR count). The van der Waals surface area contributed by atoms with E-state index in [2.05, 4.69) is 0 Å². The van der Waals surface area contributed by atoms with Crippen molar-refractivity contribution < 1.29 is 19.0 Å². The van der Waals surface area contributed by atoms with Crippen molar-refractivity contribution in [3.8, 4) is 17.2 Å². The molecule has 1 unspecified atom stereocenters. The lowest BCUT2D eigenvalue weighted by molar-refractivity contribution is -0.128. The zero-order valence-electron chi connectivity index (χ0n) is 11.7. The molecular formula is C13H18ClNO4. The van der Waals surface area contributed by atoms with Crippen LogP contribution in [0, 0.1) is 0 Å². The second-order valence-corrected chi connectivity index (χ2v) is 4.49. The van der Waals surface area contributed by atoms with Gasteiger partial charge >= 0.3 is 0 Å². The molecule has 1 aromatic carbocycles. The summed E-state index contributed by atoms with van der Waals surface area (Å²) in [6.07, 6.45) is 0. The van der Waals surface area contributed by atoms with Crippen molar-refractivity contribution >= 4 is 17.5 Å². The molecule has 106 valence electrons. The van der Waals surface area contributed by atoms with E-state index in [1.807, 2.05) is 0 Å². The van der Waals surface area contributed by atoms with Crippen LogP contribution in [-0.4, -0.2) is 46.2 Å². The predicted octanol–water partition coefficient (Wildman–Crippen LogP) is 2.08. The van der Waals surface area contributed by atoms with Crippen LogP contribution in [0.2, 0.25) is 0 Å². The van der Waals surface area contributed by atoms with Crippen LogP contribution in [0.4, 0.5) is 0 Å². The summed E-state index contributed by atoms with van der Waals surface area (Å²) in [7, 11) is 7.84. The highest BCUT2D eigenvalue weighted by Gasteiger charge is 2.23. The van der Waals surface area contributed by atoms with Crippen molar-refractivity contribution in [1.29, 1.82) is 0 Å². The van der Waals surface area contributed by atoms with Gasteiger partial charge in [0.25, 0.3) is 0 Å². The lowest BCUT2D eigenvalue weighted by Crippen LogP contribution is -2.25. The fraction of sp³-hybridized carbons (Fsp3) is 0.462. The summed E-state index contributed by atoms with van der Waals surface area (Å²) in [6, 6.07) is 3.33. The zero-order chi connectivity index (χ0) is 14.6. The third-order valence-electron chi connectivity index (χ3n) is 2.64. The lowest BCUT2D eigenvalue weighted by atomic mass is 10.1. The van der Waals surface area contributed by atoms with E-state index in [1.165, 1.54) is 26.2 Å². The Morgan fingerprint density at radius 1 is 1.11 bits per heavy atom. The van der Waals surface area contributed by atoms with Crippen LogP contribution in [0.1, 0.15) is 10.9 Å². The van der Waals surface area contributed by atoms with Crippen LogP contribution < -0.4 is 14.2 Å². The molecule has 19 heavy (non-hydrogen) atoms. The molecule has 6 heteroatoms. The van der Waals surface area contributed by atoms with E-state index < -0.39 is 5.38 Å². The number of alkyl halides is 1. The quantitative estimate of drug-likeness (QED) is 0.778. The fourth-order valence-corrected chi connectivity index (χ4v) is 1.94. The number of nitrogens with zero attached hydrogens (tertiary/aromatic N) is 1. The van der Waals surface area contributed by atoms with Crippen LogP contribution in [0.25, 0.3) is 0 Å². The van der Waals surface area contributed by atoms with Gasteiger partial charge in [-0.25, -0.2) is 0 Å². The molecule has 0 aliphatic rings. The third-order valence-corrected chi connectivity index (χ3v) is 3.08. The van der Waals surface area contributed by atoms with Gasteiger partial charge in [0.15, 0.2) is 11.5 Å². The maximum Gasteiger partial charge on any atom is 0.244 e. The summed E-state index contributed by atoms with van der Waals surface area (Å²) in [5, 5.41) is -0.802.